The van der Waals surface area contributed by atoms with Gasteiger partial charge in [-0.1, -0.05) is 22.0 Å². The fourth-order valence-corrected chi connectivity index (χ4v) is 2.09. The molecular formula is C12H15BrO2. The SMILES string of the molecule is Brc1cccc(OCC2CCCOC2)c1. The molecule has 15 heavy (non-hydrogen) atoms. The molecule has 0 radical (unpaired) electrons. The minimum absolute atomic E-state index is 0.553. The molecule has 1 heterocycles. The van der Waals surface area contributed by atoms with Crippen molar-refractivity contribution in [1.29, 1.82) is 0 Å². The van der Waals surface area contributed by atoms with Crippen LogP contribution in [-0.4, -0.2) is 19.8 Å². The van der Waals surface area contributed by atoms with E-state index in [1.807, 2.05) is 24.3 Å². The van der Waals surface area contributed by atoms with E-state index in [4.69, 9.17) is 9.47 Å². The van der Waals surface area contributed by atoms with Gasteiger partial charge in [-0.3, -0.25) is 0 Å². The van der Waals surface area contributed by atoms with Gasteiger partial charge in [-0.25, -0.2) is 0 Å². The average molecular weight is 271 g/mol. The van der Waals surface area contributed by atoms with Crippen LogP contribution in [0.15, 0.2) is 28.7 Å². The van der Waals surface area contributed by atoms with E-state index < -0.39 is 0 Å². The maximum atomic E-state index is 5.72. The van der Waals surface area contributed by atoms with Gasteiger partial charge in [-0.2, -0.15) is 0 Å². The van der Waals surface area contributed by atoms with Crippen LogP contribution in [0.1, 0.15) is 12.8 Å². The molecule has 3 heteroatoms. The van der Waals surface area contributed by atoms with Gasteiger partial charge in [0.15, 0.2) is 0 Å². The lowest BCUT2D eigenvalue weighted by atomic mass is 10.0. The van der Waals surface area contributed by atoms with Crippen molar-refractivity contribution in [3.8, 4) is 5.75 Å². The van der Waals surface area contributed by atoms with Crippen molar-refractivity contribution in [2.75, 3.05) is 19.8 Å². The van der Waals surface area contributed by atoms with E-state index >= 15 is 0 Å². The van der Waals surface area contributed by atoms with Crippen molar-refractivity contribution >= 4 is 15.9 Å². The van der Waals surface area contributed by atoms with Gasteiger partial charge in [-0.05, 0) is 31.0 Å². The normalized spacial score (nSPS) is 21.3. The largest absolute Gasteiger partial charge is 0.493 e. The Morgan fingerprint density at radius 3 is 3.13 bits per heavy atom. The Morgan fingerprint density at radius 2 is 2.40 bits per heavy atom. The van der Waals surface area contributed by atoms with E-state index in [9.17, 15) is 0 Å². The molecule has 0 N–H and O–H groups in total. The number of benzene rings is 1. The van der Waals surface area contributed by atoms with E-state index in [1.54, 1.807) is 0 Å². The highest BCUT2D eigenvalue weighted by Gasteiger charge is 2.14. The maximum Gasteiger partial charge on any atom is 0.120 e. The Labute approximate surface area is 98.7 Å². The van der Waals surface area contributed by atoms with Gasteiger partial charge >= 0.3 is 0 Å². The topological polar surface area (TPSA) is 18.5 Å². The fraction of sp³-hybridized carbons (Fsp3) is 0.500. The highest BCUT2D eigenvalue weighted by molar-refractivity contribution is 9.10. The van der Waals surface area contributed by atoms with Crippen molar-refractivity contribution < 1.29 is 9.47 Å². The molecule has 1 aliphatic heterocycles. The molecule has 1 unspecified atom stereocenters. The van der Waals surface area contributed by atoms with Crippen molar-refractivity contribution in [1.82, 2.24) is 0 Å². The van der Waals surface area contributed by atoms with Crippen LogP contribution in [0.2, 0.25) is 0 Å². The summed E-state index contributed by atoms with van der Waals surface area (Å²) in [6.45, 7) is 2.51. The summed E-state index contributed by atoms with van der Waals surface area (Å²) < 4.78 is 12.2. The Bertz CT molecular complexity index is 308. The quantitative estimate of drug-likeness (QED) is 0.840. The molecule has 1 fully saturated rings. The smallest absolute Gasteiger partial charge is 0.120 e. The Hall–Kier alpha value is -0.540. The number of ether oxygens (including phenoxy) is 2. The molecule has 2 rings (SSSR count). The molecule has 1 atom stereocenters. The van der Waals surface area contributed by atoms with E-state index in [0.717, 1.165) is 36.5 Å². The van der Waals surface area contributed by atoms with Crippen molar-refractivity contribution in [2.45, 2.75) is 12.8 Å². The van der Waals surface area contributed by atoms with Gasteiger partial charge in [0.05, 0.1) is 13.2 Å². The lowest BCUT2D eigenvalue weighted by molar-refractivity contribution is 0.0352. The molecule has 1 aromatic rings. The van der Waals surface area contributed by atoms with Crippen LogP contribution in [0.25, 0.3) is 0 Å². The zero-order chi connectivity index (χ0) is 10.5. The van der Waals surface area contributed by atoms with Crippen LogP contribution < -0.4 is 4.74 Å². The lowest BCUT2D eigenvalue weighted by Crippen LogP contribution is -2.23. The Balaban J connectivity index is 1.81. The third-order valence-electron chi connectivity index (χ3n) is 2.54. The molecule has 82 valence electrons. The summed E-state index contributed by atoms with van der Waals surface area (Å²) in [5.74, 6) is 1.48. The summed E-state index contributed by atoms with van der Waals surface area (Å²) in [4.78, 5) is 0. The Kier molecular flexibility index (Phi) is 4.03. The first-order valence-electron chi connectivity index (χ1n) is 5.31. The molecule has 0 spiro atoms. The zero-order valence-corrected chi connectivity index (χ0v) is 10.2. The van der Waals surface area contributed by atoms with E-state index in [-0.39, 0.29) is 0 Å². The predicted octanol–water partition coefficient (Wildman–Crippen LogP) is 3.25. The zero-order valence-electron chi connectivity index (χ0n) is 8.62. The molecule has 1 saturated heterocycles. The summed E-state index contributed by atoms with van der Waals surface area (Å²) in [6.07, 6.45) is 2.38. The predicted molar refractivity (Wildman–Crippen MR) is 63.2 cm³/mol. The van der Waals surface area contributed by atoms with Crippen LogP contribution in [-0.2, 0) is 4.74 Å². The van der Waals surface area contributed by atoms with Crippen LogP contribution in [0.3, 0.4) is 0 Å². The van der Waals surface area contributed by atoms with Gasteiger partial charge < -0.3 is 9.47 Å². The van der Waals surface area contributed by atoms with Crippen LogP contribution in [0.4, 0.5) is 0 Å². The third-order valence-corrected chi connectivity index (χ3v) is 3.03. The average Bonchev–Trinajstić information content (AvgIpc) is 2.28. The molecule has 0 amide bonds. The summed E-state index contributed by atoms with van der Waals surface area (Å²) in [5.41, 5.74) is 0. The summed E-state index contributed by atoms with van der Waals surface area (Å²) >= 11 is 3.42. The molecule has 1 aromatic carbocycles. The van der Waals surface area contributed by atoms with Gasteiger partial charge in [0.2, 0.25) is 0 Å². The molecule has 0 bridgehead atoms. The first-order chi connectivity index (χ1) is 7.34. The van der Waals surface area contributed by atoms with E-state index in [0.29, 0.717) is 5.92 Å². The number of rotatable bonds is 3. The lowest BCUT2D eigenvalue weighted by Gasteiger charge is -2.22. The number of halogens is 1. The molecule has 1 aliphatic rings. The summed E-state index contributed by atoms with van der Waals surface area (Å²) in [6, 6.07) is 7.95. The minimum atomic E-state index is 0.553. The van der Waals surface area contributed by atoms with Crippen molar-refractivity contribution in [3.05, 3.63) is 28.7 Å². The molecule has 0 saturated carbocycles. The Morgan fingerprint density at radius 1 is 1.47 bits per heavy atom. The summed E-state index contributed by atoms with van der Waals surface area (Å²) in [5, 5.41) is 0. The first kappa shape index (κ1) is 11.0. The van der Waals surface area contributed by atoms with Gasteiger partial charge in [-0.15, -0.1) is 0 Å². The van der Waals surface area contributed by atoms with E-state index in [1.165, 1.54) is 6.42 Å². The maximum absolute atomic E-state index is 5.72. The van der Waals surface area contributed by atoms with Gasteiger partial charge in [0.25, 0.3) is 0 Å². The van der Waals surface area contributed by atoms with Gasteiger partial charge in [0.1, 0.15) is 5.75 Å². The third kappa shape index (κ3) is 3.50. The molecular weight excluding hydrogens is 256 g/mol. The molecule has 0 aromatic heterocycles. The molecule has 2 nitrogen and oxygen atoms in total. The monoisotopic (exact) mass is 270 g/mol. The molecule has 0 aliphatic carbocycles. The van der Waals surface area contributed by atoms with Crippen molar-refractivity contribution in [3.63, 3.8) is 0 Å². The van der Waals surface area contributed by atoms with Gasteiger partial charge in [0, 0.05) is 17.0 Å². The minimum Gasteiger partial charge on any atom is -0.493 e. The second-order valence-electron chi connectivity index (χ2n) is 3.85. The van der Waals surface area contributed by atoms with Crippen LogP contribution in [0.5, 0.6) is 5.75 Å². The fourth-order valence-electron chi connectivity index (χ4n) is 1.71. The van der Waals surface area contributed by atoms with Crippen LogP contribution >= 0.6 is 15.9 Å². The number of hydrogen-bond donors (Lipinski definition) is 0. The highest BCUT2D eigenvalue weighted by Crippen LogP contribution is 2.20. The standard InChI is InChI=1S/C12H15BrO2/c13-11-4-1-5-12(7-11)15-9-10-3-2-6-14-8-10/h1,4-5,7,10H,2-3,6,8-9H2. The first-order valence-corrected chi connectivity index (χ1v) is 6.10. The van der Waals surface area contributed by atoms with Crippen LogP contribution in [0, 0.1) is 5.92 Å². The second kappa shape index (κ2) is 5.52. The van der Waals surface area contributed by atoms with Crippen molar-refractivity contribution in [2.24, 2.45) is 5.92 Å². The van der Waals surface area contributed by atoms with E-state index in [2.05, 4.69) is 15.9 Å². The number of hydrogen-bond acceptors (Lipinski definition) is 2. The highest BCUT2D eigenvalue weighted by atomic mass is 79.9. The summed E-state index contributed by atoms with van der Waals surface area (Å²) in [7, 11) is 0. The second-order valence-corrected chi connectivity index (χ2v) is 4.77.